The summed E-state index contributed by atoms with van der Waals surface area (Å²) in [6, 6.07) is 12.2. The number of hydrogen-bond donors (Lipinski definition) is 1. The van der Waals surface area contributed by atoms with Crippen LogP contribution in [0.1, 0.15) is 15.9 Å². The van der Waals surface area contributed by atoms with Gasteiger partial charge in [0.15, 0.2) is 0 Å². The van der Waals surface area contributed by atoms with Crippen molar-refractivity contribution >= 4 is 34.5 Å². The number of nitrogens with one attached hydrogen (secondary N) is 1. The van der Waals surface area contributed by atoms with Crippen LogP contribution in [0.25, 0.3) is 0 Å². The third-order valence-electron chi connectivity index (χ3n) is 3.17. The van der Waals surface area contributed by atoms with E-state index in [-0.39, 0.29) is 5.91 Å². The van der Waals surface area contributed by atoms with Gasteiger partial charge in [-0.25, -0.2) is 4.98 Å². The number of nitrogens with zero attached hydrogens (tertiary/aromatic N) is 1. The molecule has 0 aliphatic carbocycles. The van der Waals surface area contributed by atoms with Gasteiger partial charge in [-0.05, 0) is 55.0 Å². The van der Waals surface area contributed by atoms with Crippen LogP contribution in [0.4, 0.5) is 5.69 Å². The van der Waals surface area contributed by atoms with Gasteiger partial charge in [-0.3, -0.25) is 4.79 Å². The highest BCUT2D eigenvalue weighted by Gasteiger charge is 2.09. The molecule has 1 amide bonds. The van der Waals surface area contributed by atoms with Gasteiger partial charge in [0, 0.05) is 27.9 Å². The van der Waals surface area contributed by atoms with Crippen LogP contribution in [0.3, 0.4) is 0 Å². The van der Waals surface area contributed by atoms with Gasteiger partial charge in [0.1, 0.15) is 5.75 Å². The molecule has 4 nitrogen and oxygen atoms in total. The third-order valence-corrected chi connectivity index (χ3v) is 4.05. The van der Waals surface area contributed by atoms with Gasteiger partial charge in [-0.15, -0.1) is 0 Å². The van der Waals surface area contributed by atoms with Crippen LogP contribution in [0, 0.1) is 6.92 Å². The molecule has 1 N–H and O–H groups in total. The fourth-order valence-electron chi connectivity index (χ4n) is 2.00. The summed E-state index contributed by atoms with van der Waals surface area (Å²) in [5, 5.41) is 5.92. The quantitative estimate of drug-likeness (QED) is 0.712. The average Bonchev–Trinajstić information content (AvgIpc) is 3.04. The van der Waals surface area contributed by atoms with Crippen LogP contribution in [-0.4, -0.2) is 10.9 Å². The van der Waals surface area contributed by atoms with E-state index in [2.05, 4.69) is 10.3 Å². The van der Waals surface area contributed by atoms with Gasteiger partial charge >= 0.3 is 0 Å². The van der Waals surface area contributed by atoms with Gasteiger partial charge in [0.05, 0.1) is 0 Å². The Balaban J connectivity index is 1.70. The molecular formula is C17H13ClN2O2S. The van der Waals surface area contributed by atoms with Crippen molar-refractivity contribution in [3.8, 4) is 10.9 Å². The second-order valence-corrected chi connectivity index (χ2v) is 6.13. The Labute approximate surface area is 142 Å². The number of ether oxygens (including phenoxy) is 1. The minimum absolute atomic E-state index is 0.184. The number of rotatable bonds is 4. The number of benzene rings is 2. The Morgan fingerprint density at radius 3 is 2.65 bits per heavy atom. The van der Waals surface area contributed by atoms with E-state index in [0.29, 0.717) is 21.5 Å². The molecule has 23 heavy (non-hydrogen) atoms. The van der Waals surface area contributed by atoms with E-state index in [9.17, 15) is 4.79 Å². The third kappa shape index (κ3) is 3.88. The molecule has 0 aliphatic heterocycles. The van der Waals surface area contributed by atoms with E-state index in [1.807, 2.05) is 18.4 Å². The predicted octanol–water partition coefficient (Wildman–Crippen LogP) is 5.15. The van der Waals surface area contributed by atoms with Crippen LogP contribution in [-0.2, 0) is 0 Å². The lowest BCUT2D eigenvalue weighted by Gasteiger charge is -2.09. The summed E-state index contributed by atoms with van der Waals surface area (Å²) in [5.41, 5.74) is 2.20. The average molecular weight is 345 g/mol. The number of halogens is 1. The van der Waals surface area contributed by atoms with Gasteiger partial charge < -0.3 is 10.1 Å². The van der Waals surface area contributed by atoms with Crippen LogP contribution < -0.4 is 10.1 Å². The first-order valence-corrected chi connectivity index (χ1v) is 8.12. The second-order valence-electron chi connectivity index (χ2n) is 4.84. The molecule has 0 atom stereocenters. The van der Waals surface area contributed by atoms with Crippen molar-refractivity contribution in [3.05, 3.63) is 70.2 Å². The standard InChI is InChI=1S/C17H13ClN2O2S/c1-11-10-13(18)4-7-15(11)20-16(21)12-2-5-14(6-3-12)22-17-19-8-9-23-17/h2-10H,1H3,(H,20,21). The van der Waals surface area contributed by atoms with Crippen molar-refractivity contribution in [1.82, 2.24) is 4.98 Å². The lowest BCUT2D eigenvalue weighted by atomic mass is 10.1. The minimum atomic E-state index is -0.184. The fraction of sp³-hybridized carbons (Fsp3) is 0.0588. The normalized spacial score (nSPS) is 10.3. The van der Waals surface area contributed by atoms with Crippen molar-refractivity contribution in [2.24, 2.45) is 0 Å². The van der Waals surface area contributed by atoms with E-state index >= 15 is 0 Å². The van der Waals surface area contributed by atoms with Crippen molar-refractivity contribution in [2.45, 2.75) is 6.92 Å². The number of aromatic nitrogens is 1. The highest BCUT2D eigenvalue weighted by atomic mass is 35.5. The van der Waals surface area contributed by atoms with Crippen LogP contribution in [0.5, 0.6) is 10.9 Å². The number of anilines is 1. The molecule has 1 aromatic heterocycles. The lowest BCUT2D eigenvalue weighted by Crippen LogP contribution is -2.12. The molecule has 2 aromatic carbocycles. The van der Waals surface area contributed by atoms with Crippen LogP contribution >= 0.6 is 22.9 Å². The Kier molecular flexibility index (Phi) is 4.60. The Hall–Kier alpha value is -2.37. The molecule has 3 rings (SSSR count). The molecule has 0 unspecified atom stereocenters. The number of carbonyl (C=O) groups is 1. The summed E-state index contributed by atoms with van der Waals surface area (Å²) >= 11 is 7.32. The predicted molar refractivity (Wildman–Crippen MR) is 92.8 cm³/mol. The smallest absolute Gasteiger partial charge is 0.278 e. The summed E-state index contributed by atoms with van der Waals surface area (Å²) in [7, 11) is 0. The minimum Gasteiger partial charge on any atom is -0.431 e. The Bertz CT molecular complexity index is 817. The molecule has 0 saturated heterocycles. The van der Waals surface area contributed by atoms with Crippen molar-refractivity contribution in [3.63, 3.8) is 0 Å². The molecule has 0 fully saturated rings. The Morgan fingerprint density at radius 1 is 1.22 bits per heavy atom. The van der Waals surface area contributed by atoms with Crippen molar-refractivity contribution in [2.75, 3.05) is 5.32 Å². The zero-order chi connectivity index (χ0) is 16.2. The zero-order valence-electron chi connectivity index (χ0n) is 12.2. The summed E-state index contributed by atoms with van der Waals surface area (Å²) in [4.78, 5) is 16.3. The van der Waals surface area contributed by atoms with Gasteiger partial charge in [-0.1, -0.05) is 22.9 Å². The molecule has 6 heteroatoms. The number of thiazole rings is 1. The van der Waals surface area contributed by atoms with E-state index in [1.165, 1.54) is 11.3 Å². The number of hydrogen-bond acceptors (Lipinski definition) is 4. The molecular weight excluding hydrogens is 332 g/mol. The van der Waals surface area contributed by atoms with E-state index in [0.717, 1.165) is 11.3 Å². The number of amides is 1. The maximum Gasteiger partial charge on any atom is 0.278 e. The van der Waals surface area contributed by atoms with Gasteiger partial charge in [0.2, 0.25) is 0 Å². The summed E-state index contributed by atoms with van der Waals surface area (Å²) < 4.78 is 5.56. The topological polar surface area (TPSA) is 51.2 Å². The van der Waals surface area contributed by atoms with Crippen LogP contribution in [0.2, 0.25) is 5.02 Å². The highest BCUT2D eigenvalue weighted by molar-refractivity contribution is 7.11. The van der Waals surface area contributed by atoms with E-state index in [4.69, 9.17) is 16.3 Å². The molecule has 1 heterocycles. The molecule has 3 aromatic rings. The Morgan fingerprint density at radius 2 is 2.00 bits per heavy atom. The molecule has 0 aliphatic rings. The monoisotopic (exact) mass is 344 g/mol. The fourth-order valence-corrected chi connectivity index (χ4v) is 2.73. The van der Waals surface area contributed by atoms with Crippen molar-refractivity contribution in [1.29, 1.82) is 0 Å². The first-order chi connectivity index (χ1) is 11.1. The maximum atomic E-state index is 12.3. The molecule has 0 radical (unpaired) electrons. The number of carbonyl (C=O) groups excluding carboxylic acids is 1. The van der Waals surface area contributed by atoms with Gasteiger partial charge in [0.25, 0.3) is 11.1 Å². The highest BCUT2D eigenvalue weighted by Crippen LogP contribution is 2.24. The zero-order valence-corrected chi connectivity index (χ0v) is 13.8. The second kappa shape index (κ2) is 6.81. The number of aryl methyl sites for hydroxylation is 1. The van der Waals surface area contributed by atoms with Crippen LogP contribution in [0.15, 0.2) is 54.0 Å². The summed E-state index contributed by atoms with van der Waals surface area (Å²) in [6.07, 6.45) is 1.68. The largest absolute Gasteiger partial charge is 0.431 e. The summed E-state index contributed by atoms with van der Waals surface area (Å²) in [6.45, 7) is 1.90. The molecule has 0 bridgehead atoms. The lowest BCUT2D eigenvalue weighted by molar-refractivity contribution is 0.102. The first-order valence-electron chi connectivity index (χ1n) is 6.87. The van der Waals surface area contributed by atoms with E-state index in [1.54, 1.807) is 42.6 Å². The molecule has 0 saturated carbocycles. The van der Waals surface area contributed by atoms with Crippen molar-refractivity contribution < 1.29 is 9.53 Å². The SMILES string of the molecule is Cc1cc(Cl)ccc1NC(=O)c1ccc(Oc2nccs2)cc1. The first kappa shape index (κ1) is 15.5. The molecule has 116 valence electrons. The van der Waals surface area contributed by atoms with E-state index < -0.39 is 0 Å². The molecule has 0 spiro atoms. The maximum absolute atomic E-state index is 12.3. The van der Waals surface area contributed by atoms with Gasteiger partial charge in [-0.2, -0.15) is 0 Å². The summed E-state index contributed by atoms with van der Waals surface area (Å²) in [5.74, 6) is 0.454.